The van der Waals surface area contributed by atoms with Gasteiger partial charge in [-0.2, -0.15) is 0 Å². The van der Waals surface area contributed by atoms with Crippen LogP contribution in [-0.2, 0) is 25.6 Å². The van der Waals surface area contributed by atoms with E-state index in [1.807, 2.05) is 0 Å². The van der Waals surface area contributed by atoms with Gasteiger partial charge in [0.15, 0.2) is 34.7 Å². The molecule has 2 aromatic rings. The van der Waals surface area contributed by atoms with Crippen molar-refractivity contribution in [2.75, 3.05) is 28.2 Å². The molecule has 0 aliphatic heterocycles. The highest BCUT2D eigenvalue weighted by Gasteiger charge is 2.69. The van der Waals surface area contributed by atoms with Gasteiger partial charge in [0.05, 0.1) is 17.5 Å². The van der Waals surface area contributed by atoms with E-state index in [9.17, 15) is 39.0 Å². The van der Waals surface area contributed by atoms with E-state index >= 15 is 0 Å². The highest BCUT2D eigenvalue weighted by molar-refractivity contribution is 6.32. The molecule has 0 spiro atoms. The Hall–Kier alpha value is -4.22. The van der Waals surface area contributed by atoms with E-state index in [4.69, 9.17) is 5.73 Å². The zero-order valence-corrected chi connectivity index (χ0v) is 23.1. The number of phenols is 1. The van der Waals surface area contributed by atoms with Crippen molar-refractivity contribution in [2.45, 2.75) is 24.5 Å². The molecule has 5 rings (SSSR count). The number of aromatic hydroxyl groups is 1. The number of likely N-dealkylation sites (N-methyl/N-ethyl adjacent to an activating group) is 1. The summed E-state index contributed by atoms with van der Waals surface area (Å²) in [6, 6.07) is 8.61. The van der Waals surface area contributed by atoms with E-state index in [-0.39, 0.29) is 30.1 Å². The van der Waals surface area contributed by atoms with Gasteiger partial charge in [-0.25, -0.2) is 0 Å². The fourth-order valence-corrected chi connectivity index (χ4v) is 6.95. The Morgan fingerprint density at radius 3 is 2.29 bits per heavy atom. The third-order valence-corrected chi connectivity index (χ3v) is 8.77. The van der Waals surface area contributed by atoms with E-state index in [2.05, 4.69) is 0 Å². The van der Waals surface area contributed by atoms with Crippen LogP contribution in [-0.4, -0.2) is 94.8 Å². The Kier molecular flexibility index (Phi) is 6.70. The molecule has 0 bridgehead atoms. The first-order valence-electron chi connectivity index (χ1n) is 13.2. The molecule has 0 heterocycles. The first-order chi connectivity index (χ1) is 19.2. The van der Waals surface area contributed by atoms with Crippen molar-refractivity contribution in [2.24, 2.45) is 29.4 Å². The molecule has 2 fully saturated rings. The van der Waals surface area contributed by atoms with E-state index < -0.39 is 64.4 Å². The Balaban J connectivity index is 1.64. The highest BCUT2D eigenvalue weighted by Crippen LogP contribution is 2.51. The molecule has 11 nitrogen and oxygen atoms in total. The van der Waals surface area contributed by atoms with E-state index in [1.165, 1.54) is 30.0 Å². The topological polar surface area (TPSA) is 175 Å². The fourth-order valence-electron chi connectivity index (χ4n) is 6.95. The molecule has 4 N–H and O–H groups in total. The normalized spacial score (nSPS) is 29.1. The van der Waals surface area contributed by atoms with Crippen molar-refractivity contribution in [3.8, 4) is 16.9 Å². The smallest absolute Gasteiger partial charge is 0.253 e. The quantitative estimate of drug-likeness (QED) is 0.442. The highest BCUT2D eigenvalue weighted by atomic mass is 16.3. The molecule has 6 atom stereocenters. The number of carbonyl (C=O) groups excluding carboxylic acids is 6. The number of fused-ring (bicyclic) bond motifs is 3. The number of rotatable bonds is 4. The lowest BCUT2D eigenvalue weighted by Gasteiger charge is -2.52. The molecule has 2 aromatic carbocycles. The minimum absolute atomic E-state index is 0.0435. The zero-order valence-electron chi connectivity index (χ0n) is 23.1. The number of aliphatic hydroxyl groups is 1. The summed E-state index contributed by atoms with van der Waals surface area (Å²) in [5, 5.41) is 22.5. The number of carbonyl (C=O) groups is 6. The van der Waals surface area contributed by atoms with Crippen LogP contribution in [0.25, 0.3) is 11.1 Å². The van der Waals surface area contributed by atoms with Crippen molar-refractivity contribution in [3.63, 3.8) is 0 Å². The first kappa shape index (κ1) is 28.3. The van der Waals surface area contributed by atoms with Gasteiger partial charge in [0.25, 0.3) is 5.91 Å². The first-order valence-corrected chi connectivity index (χ1v) is 13.2. The van der Waals surface area contributed by atoms with E-state index in [0.717, 1.165) is 0 Å². The lowest BCUT2D eigenvalue weighted by Crippen LogP contribution is -2.74. The summed E-state index contributed by atoms with van der Waals surface area (Å²) in [7, 11) is 6.33. The number of hydrogen-bond donors (Lipinski definition) is 3. The summed E-state index contributed by atoms with van der Waals surface area (Å²) in [4.78, 5) is 82.1. The molecule has 3 aliphatic carbocycles. The zero-order chi connectivity index (χ0) is 30.1. The molecule has 41 heavy (non-hydrogen) atoms. The molecular formula is C30H31N3O8. The van der Waals surface area contributed by atoms with Gasteiger partial charge < -0.3 is 20.8 Å². The monoisotopic (exact) mass is 561 g/mol. The molecule has 3 aliphatic rings. The minimum atomic E-state index is -2.77. The van der Waals surface area contributed by atoms with Crippen LogP contribution in [0.4, 0.5) is 0 Å². The Morgan fingerprint density at radius 1 is 1.00 bits per heavy atom. The van der Waals surface area contributed by atoms with Crippen molar-refractivity contribution >= 4 is 34.9 Å². The van der Waals surface area contributed by atoms with Gasteiger partial charge >= 0.3 is 0 Å². The number of primary amides is 1. The van der Waals surface area contributed by atoms with Crippen LogP contribution in [0.5, 0.6) is 5.75 Å². The van der Waals surface area contributed by atoms with E-state index in [0.29, 0.717) is 22.3 Å². The Bertz CT molecular complexity index is 1550. The molecule has 2 unspecified atom stereocenters. The molecule has 0 aromatic heterocycles. The molecule has 0 radical (unpaired) electrons. The van der Waals surface area contributed by atoms with Gasteiger partial charge in [-0.1, -0.05) is 18.2 Å². The number of nitrogens with two attached hydrogens (primary N) is 1. The fraction of sp³-hybridized carbons (Fsp3) is 0.400. The van der Waals surface area contributed by atoms with Crippen LogP contribution in [0.15, 0.2) is 36.4 Å². The number of benzene rings is 2. The predicted octanol–water partition coefficient (Wildman–Crippen LogP) is 0.236. The summed E-state index contributed by atoms with van der Waals surface area (Å²) < 4.78 is 0. The largest absolute Gasteiger partial charge is 0.507 e. The van der Waals surface area contributed by atoms with Gasteiger partial charge in [0.1, 0.15) is 5.75 Å². The van der Waals surface area contributed by atoms with Crippen LogP contribution in [0, 0.1) is 23.7 Å². The number of amides is 2. The Labute approximate surface area is 235 Å². The second-order valence-electron chi connectivity index (χ2n) is 11.6. The third kappa shape index (κ3) is 4.02. The maximum Gasteiger partial charge on any atom is 0.253 e. The lowest BCUT2D eigenvalue weighted by molar-refractivity contribution is -0.181. The maximum atomic E-state index is 13.9. The second kappa shape index (κ2) is 9.71. The molecule has 2 amide bonds. The summed E-state index contributed by atoms with van der Waals surface area (Å²) in [5.41, 5.74) is 4.57. The van der Waals surface area contributed by atoms with Crippen LogP contribution >= 0.6 is 0 Å². The van der Waals surface area contributed by atoms with Crippen LogP contribution in [0.3, 0.4) is 0 Å². The molecule has 214 valence electrons. The Morgan fingerprint density at radius 2 is 1.68 bits per heavy atom. The average Bonchev–Trinajstić information content (AvgIpc) is 2.90. The van der Waals surface area contributed by atoms with Gasteiger partial charge in [-0.15, -0.1) is 0 Å². The van der Waals surface area contributed by atoms with Crippen molar-refractivity contribution in [1.82, 2.24) is 9.80 Å². The van der Waals surface area contributed by atoms with Crippen molar-refractivity contribution < 1.29 is 39.0 Å². The van der Waals surface area contributed by atoms with Gasteiger partial charge in [-0.05, 0) is 67.7 Å². The molecular weight excluding hydrogens is 530 g/mol. The second-order valence-corrected chi connectivity index (χ2v) is 11.6. The van der Waals surface area contributed by atoms with Crippen LogP contribution in [0.2, 0.25) is 0 Å². The summed E-state index contributed by atoms with van der Waals surface area (Å²) >= 11 is 0. The van der Waals surface area contributed by atoms with Crippen LogP contribution < -0.4 is 5.73 Å². The van der Waals surface area contributed by atoms with Gasteiger partial charge in [0.2, 0.25) is 5.91 Å². The summed E-state index contributed by atoms with van der Waals surface area (Å²) in [5.74, 6) is -11.2. The van der Waals surface area contributed by atoms with Gasteiger partial charge in [0, 0.05) is 25.6 Å². The average molecular weight is 562 g/mol. The van der Waals surface area contributed by atoms with Gasteiger partial charge in [-0.3, -0.25) is 33.7 Å². The lowest BCUT2D eigenvalue weighted by atomic mass is 9.52. The number of hydrogen-bond acceptors (Lipinski definition) is 9. The molecule has 0 saturated heterocycles. The molecule has 2 saturated carbocycles. The maximum absolute atomic E-state index is 13.9. The molecule has 11 heteroatoms. The standard InChI is InChI=1S/C30H31N3O8/c1-32(2)23-18-12-15-11-17-16(13-6-5-7-14(10-13)29(40)33(3)4)8-9-19(34)21(17)24(35)20(15)26(37)30(18,41)27(38)22(25(23)36)28(31)39/h5-10,15,18,20,22-23,34,41H,11-12H2,1-4H3,(H2,31,39)/t15-,18-,20?,22?,23-,30-/m1/s1. The number of Topliss-reactive ketones (excluding diaryl/α,β-unsaturated/α-hetero) is 4. The summed E-state index contributed by atoms with van der Waals surface area (Å²) in [6.07, 6.45) is 0.0829. The van der Waals surface area contributed by atoms with E-state index in [1.54, 1.807) is 44.4 Å². The van der Waals surface area contributed by atoms with Crippen LogP contribution in [0.1, 0.15) is 32.7 Å². The SMILES string of the molecule is CN(C)C(=O)c1cccc(-c2ccc(O)c3c2C[C@@H]2C[C@@H]4[C@@H](N(C)C)C(=O)C(C(N)=O)C(=O)[C@]4(O)C(=O)C2C3=O)c1. The van der Waals surface area contributed by atoms with Crippen molar-refractivity contribution in [1.29, 1.82) is 0 Å². The predicted molar refractivity (Wildman–Crippen MR) is 145 cm³/mol. The minimum Gasteiger partial charge on any atom is -0.507 e. The van der Waals surface area contributed by atoms with Crippen molar-refractivity contribution in [3.05, 3.63) is 53.1 Å². The number of nitrogens with zero attached hydrogens (tertiary/aromatic N) is 2. The summed E-state index contributed by atoms with van der Waals surface area (Å²) in [6.45, 7) is 0. The third-order valence-electron chi connectivity index (χ3n) is 8.77. The number of phenolic OH excluding ortho intramolecular Hbond substituents is 1. The number of ketones is 4.